The number of aromatic nitrogens is 1. The first-order chi connectivity index (χ1) is 42.4. The van der Waals surface area contributed by atoms with Gasteiger partial charge in [0.25, 0.3) is 10.1 Å². The van der Waals surface area contributed by atoms with Crippen molar-refractivity contribution in [2.24, 2.45) is 0 Å². The molecule has 2 heterocycles. The number of fused-ring (bicyclic) bond motifs is 1. The van der Waals surface area contributed by atoms with Gasteiger partial charge in [-0.2, -0.15) is 13.1 Å². The number of carboxylic acid groups (broad SMARTS) is 5. The van der Waals surface area contributed by atoms with E-state index < -0.39 is 137 Å². The topological polar surface area (TPSA) is 462 Å². The number of carbonyl (C=O) groups excluding carboxylic acids is 3. The number of amides is 3. The van der Waals surface area contributed by atoms with E-state index in [-0.39, 0.29) is 97.6 Å². The van der Waals surface area contributed by atoms with Gasteiger partial charge in [0.1, 0.15) is 29.4 Å². The minimum atomic E-state index is -4.78. The van der Waals surface area contributed by atoms with Crippen LogP contribution in [0.2, 0.25) is 0 Å². The maximum Gasteiger partial charge on any atom is 0.323 e. The number of aliphatic hydroxyl groups excluding tert-OH is 1. The van der Waals surface area contributed by atoms with Crippen molar-refractivity contribution in [2.75, 3.05) is 102 Å². The number of carbonyl (C=O) groups is 8. The fourth-order valence-corrected chi connectivity index (χ4v) is 12.5. The number of unbranched alkanes of at least 4 members (excludes halogenated alkanes) is 1. The Balaban J connectivity index is 1.24. The number of carboxylic acids is 5. The number of aryl methyl sites for hydroxylation is 4. The van der Waals surface area contributed by atoms with Gasteiger partial charge in [-0.25, -0.2) is 13.4 Å². The van der Waals surface area contributed by atoms with Crippen LogP contribution in [0.4, 0.5) is 11.5 Å². The maximum atomic E-state index is 13.5. The molecule has 2 aromatic carbocycles. The molecule has 1 aliphatic heterocycles. The van der Waals surface area contributed by atoms with Crippen LogP contribution in [0.3, 0.4) is 0 Å². The number of benzene rings is 2. The molecule has 0 saturated carbocycles. The number of nitrogens with one attached hydrogen (secondary N) is 7. The molecule has 3 aromatic rings. The smallest absolute Gasteiger partial charge is 0.323 e. The van der Waals surface area contributed by atoms with E-state index in [0.29, 0.717) is 24.8 Å². The zero-order chi connectivity index (χ0) is 66.7. The van der Waals surface area contributed by atoms with Gasteiger partial charge in [0.05, 0.1) is 44.3 Å². The number of hydrogen-bond acceptors (Lipinski definition) is 20. The standard InChI is InChI=1S/C56H81N11O20S3/c1-35-24-43(25-36(2)52(35)90(85,86)64-44(55(80)81)27-60-47(70)10-5-4-9-40-17-14-39-8-6-18-58-53(39)61-40)87-23-7-11-46(69)57-19-20-59-54(79)45(34-89(82,83)84)63-56(88)62-41-15-12-38(13-16-41)26-42(67(32-50(75)76)33-51(77)78)29-65(30-48(71)72)28-37(3)66(21-22-68)31-49(73)74/h12-17,24-25,37,42,44-45,64,68H,4-11,18-23,26-34H2,1-3H3,(H,57,69)(H,58,61)(H,59,79)(H,60,70)(H,71,72)(H,73,74)(H,75,76)(H,77,78)(H,80,81)(H2,62,63,88)(H,82,83,84). The molecule has 4 atom stereocenters. The van der Waals surface area contributed by atoms with Crippen LogP contribution in [-0.2, 0) is 77.8 Å². The van der Waals surface area contributed by atoms with Gasteiger partial charge in [-0.1, -0.05) is 18.2 Å². The van der Waals surface area contributed by atoms with Gasteiger partial charge in [-0.05, 0) is 131 Å². The van der Waals surface area contributed by atoms with Crippen molar-refractivity contribution in [3.05, 3.63) is 76.5 Å². The molecule has 14 N–H and O–H groups in total. The predicted octanol–water partition coefficient (Wildman–Crippen LogP) is -0.512. The van der Waals surface area contributed by atoms with Crippen molar-refractivity contribution >= 4 is 96.5 Å². The molecule has 3 amide bonds. The van der Waals surface area contributed by atoms with Crippen LogP contribution in [0.5, 0.6) is 5.75 Å². The van der Waals surface area contributed by atoms with Crippen LogP contribution < -0.4 is 41.4 Å². The van der Waals surface area contributed by atoms with Gasteiger partial charge in [-0.15, -0.1) is 0 Å². The summed E-state index contributed by atoms with van der Waals surface area (Å²) < 4.78 is 68.6. The summed E-state index contributed by atoms with van der Waals surface area (Å²) in [4.78, 5) is 106. The summed E-state index contributed by atoms with van der Waals surface area (Å²) in [7, 11) is -9.20. The summed E-state index contributed by atoms with van der Waals surface area (Å²) in [5, 5.41) is 73.8. The first-order valence-electron chi connectivity index (χ1n) is 28.7. The third-order valence-electron chi connectivity index (χ3n) is 14.0. The van der Waals surface area contributed by atoms with E-state index >= 15 is 0 Å². The predicted molar refractivity (Wildman–Crippen MR) is 330 cm³/mol. The van der Waals surface area contributed by atoms with Gasteiger partial charge in [0, 0.05) is 82.1 Å². The van der Waals surface area contributed by atoms with Crippen LogP contribution in [0.25, 0.3) is 0 Å². The highest BCUT2D eigenvalue weighted by molar-refractivity contribution is 7.89. The molecule has 0 radical (unpaired) electrons. The third-order valence-corrected chi connectivity index (χ3v) is 16.7. The highest BCUT2D eigenvalue weighted by Crippen LogP contribution is 2.27. The number of hydrogen-bond donors (Lipinski definition) is 14. The summed E-state index contributed by atoms with van der Waals surface area (Å²) in [5.74, 6) is -8.47. The maximum absolute atomic E-state index is 13.5. The van der Waals surface area contributed by atoms with E-state index in [1.54, 1.807) is 19.1 Å². The van der Waals surface area contributed by atoms with Gasteiger partial charge in [0.2, 0.25) is 27.7 Å². The average molecular weight is 1320 g/mol. The minimum Gasteiger partial charge on any atom is -0.494 e. The molecule has 1 aromatic heterocycles. The van der Waals surface area contributed by atoms with Crippen LogP contribution >= 0.6 is 12.2 Å². The van der Waals surface area contributed by atoms with Gasteiger partial charge >= 0.3 is 29.8 Å². The fraction of sp³-hybridized carbons (Fsp3) is 0.536. The Labute approximate surface area is 526 Å². The Bertz CT molecular complexity index is 3180. The molecule has 0 aliphatic carbocycles. The van der Waals surface area contributed by atoms with Crippen molar-refractivity contribution < 1.29 is 95.1 Å². The number of rotatable bonds is 42. The second kappa shape index (κ2) is 36.8. The Hall–Kier alpha value is -7.70. The zero-order valence-electron chi connectivity index (χ0n) is 50.1. The summed E-state index contributed by atoms with van der Waals surface area (Å²) in [6.45, 7) is 1.46. The lowest BCUT2D eigenvalue weighted by atomic mass is 10.0. The first kappa shape index (κ1) is 74.8. The van der Waals surface area contributed by atoms with Gasteiger partial charge < -0.3 is 67.3 Å². The van der Waals surface area contributed by atoms with Crippen LogP contribution in [0.1, 0.15) is 73.4 Å². The molecule has 4 unspecified atom stereocenters. The van der Waals surface area contributed by atoms with E-state index in [4.69, 9.17) is 17.0 Å². The monoisotopic (exact) mass is 1320 g/mol. The lowest BCUT2D eigenvalue weighted by Crippen LogP contribution is -2.53. The van der Waals surface area contributed by atoms with Crippen LogP contribution in [0, 0.1) is 13.8 Å². The highest BCUT2D eigenvalue weighted by atomic mass is 32.2. The molecule has 0 fully saturated rings. The summed E-state index contributed by atoms with van der Waals surface area (Å²) in [6.07, 6.45) is 4.07. The van der Waals surface area contributed by atoms with Crippen molar-refractivity contribution in [2.45, 2.75) is 108 Å². The van der Waals surface area contributed by atoms with Gasteiger partial charge in [0.15, 0.2) is 5.11 Å². The molecular weight excluding hydrogens is 1240 g/mol. The molecule has 31 nitrogen and oxygen atoms in total. The normalized spacial score (nSPS) is 13.6. The van der Waals surface area contributed by atoms with Crippen molar-refractivity contribution in [3.8, 4) is 5.75 Å². The lowest BCUT2D eigenvalue weighted by molar-refractivity contribution is -0.144. The Morgan fingerprint density at radius 2 is 1.37 bits per heavy atom. The average Bonchev–Trinajstić information content (AvgIpc) is 0.846. The van der Waals surface area contributed by atoms with Crippen molar-refractivity contribution in [3.63, 3.8) is 0 Å². The number of sulfonamides is 1. The molecule has 34 heteroatoms. The minimum absolute atomic E-state index is 0.0152. The second-order valence-electron chi connectivity index (χ2n) is 21.5. The summed E-state index contributed by atoms with van der Waals surface area (Å²) >= 11 is 5.34. The Kier molecular flexibility index (Phi) is 30.6. The quantitative estimate of drug-likeness (QED) is 0.0193. The molecule has 0 bridgehead atoms. The Morgan fingerprint density at radius 1 is 0.756 bits per heavy atom. The highest BCUT2D eigenvalue weighted by Gasteiger charge is 2.31. The summed E-state index contributed by atoms with van der Waals surface area (Å²) in [6, 6.07) is 8.13. The van der Waals surface area contributed by atoms with E-state index in [0.717, 1.165) is 35.8 Å². The molecule has 90 heavy (non-hydrogen) atoms. The van der Waals surface area contributed by atoms with Gasteiger partial charge in [-0.3, -0.25) is 57.6 Å². The molecule has 4 rings (SSSR count). The number of anilines is 2. The number of pyridine rings is 1. The van der Waals surface area contributed by atoms with E-state index in [9.17, 15) is 90.4 Å². The number of nitrogens with zero attached hydrogens (tertiary/aromatic N) is 4. The number of aliphatic hydroxyl groups is 1. The van der Waals surface area contributed by atoms with Crippen molar-refractivity contribution in [1.82, 2.24) is 45.7 Å². The molecular formula is C56H81N11O20S3. The van der Waals surface area contributed by atoms with Crippen molar-refractivity contribution in [1.29, 1.82) is 0 Å². The largest absolute Gasteiger partial charge is 0.494 e. The van der Waals surface area contributed by atoms with E-state index in [2.05, 4.69) is 47.7 Å². The van der Waals surface area contributed by atoms with Crippen LogP contribution in [0.15, 0.2) is 53.4 Å². The number of thiocarbonyl (C=S) groups is 1. The van der Waals surface area contributed by atoms with E-state index in [1.807, 2.05) is 6.07 Å². The first-order valence-corrected chi connectivity index (χ1v) is 32.2. The molecule has 0 saturated heterocycles. The molecule has 1 aliphatic rings. The van der Waals surface area contributed by atoms with Crippen LogP contribution in [-0.4, -0.2) is 240 Å². The second-order valence-corrected chi connectivity index (χ2v) is 25.1. The lowest BCUT2D eigenvalue weighted by Gasteiger charge is -2.36. The zero-order valence-corrected chi connectivity index (χ0v) is 52.6. The fourth-order valence-electron chi connectivity index (χ4n) is 9.89. The summed E-state index contributed by atoms with van der Waals surface area (Å²) in [5.41, 5.74) is 3.33. The number of aliphatic carboxylic acids is 5. The Morgan fingerprint density at radius 3 is 1.98 bits per heavy atom. The third kappa shape index (κ3) is 27.6. The van der Waals surface area contributed by atoms with E-state index in [1.165, 1.54) is 53.5 Å². The SMILES string of the molecule is Cc1cc(OCCCC(=O)NCCNC(=O)C(CS(=O)(=O)O)NC(=S)Nc2ccc(CC(CN(CC(=O)O)CC(C)N(CCO)CC(=O)O)N(CC(=O)O)CC(=O)O)cc2)cc(C)c1S(=O)(=O)NC(CNC(=O)CCCCc1ccc2c(n1)NCCC2)C(=O)O. The number of ether oxygens (including phenoxy) is 1. The molecule has 498 valence electrons. The molecule has 0 spiro atoms.